The second kappa shape index (κ2) is 6.37. The maximum absolute atomic E-state index is 13.0. The predicted octanol–water partition coefficient (Wildman–Crippen LogP) is 3.69. The standard InChI is InChI=1S/C15H16F3NO3/c16-15(17,18)12-7-2-1-6-11(12)13(20)19-10-5-3-4-9(8-10)14(21)22/h3-5,8,11-12H,1-2,6-7H2,(H,19,20)(H,21,22)/t11-,12-/m0/s1. The van der Waals surface area contributed by atoms with Crippen LogP contribution in [0.5, 0.6) is 0 Å². The van der Waals surface area contributed by atoms with Crippen LogP contribution in [0.2, 0.25) is 0 Å². The van der Waals surface area contributed by atoms with E-state index in [1.54, 1.807) is 0 Å². The molecule has 0 aromatic heterocycles. The van der Waals surface area contributed by atoms with Crippen molar-refractivity contribution in [1.29, 1.82) is 0 Å². The smallest absolute Gasteiger partial charge is 0.392 e. The first-order chi connectivity index (χ1) is 10.3. The Bertz CT molecular complexity index is 571. The average molecular weight is 315 g/mol. The molecule has 0 unspecified atom stereocenters. The first kappa shape index (κ1) is 16.3. The van der Waals surface area contributed by atoms with Gasteiger partial charge in [-0.25, -0.2) is 4.79 Å². The van der Waals surface area contributed by atoms with E-state index in [1.165, 1.54) is 24.3 Å². The SMILES string of the molecule is O=C(O)c1cccc(NC(=O)[C@H]2CCCC[C@@H]2C(F)(F)F)c1. The van der Waals surface area contributed by atoms with Crippen molar-refractivity contribution in [3.05, 3.63) is 29.8 Å². The van der Waals surface area contributed by atoms with Crippen molar-refractivity contribution in [2.24, 2.45) is 11.8 Å². The highest BCUT2D eigenvalue weighted by Crippen LogP contribution is 2.41. The Kier molecular flexibility index (Phi) is 4.73. The molecular weight excluding hydrogens is 299 g/mol. The number of aromatic carboxylic acids is 1. The molecule has 2 atom stereocenters. The van der Waals surface area contributed by atoms with Crippen LogP contribution in [0.15, 0.2) is 24.3 Å². The molecular formula is C15H16F3NO3. The van der Waals surface area contributed by atoms with Gasteiger partial charge in [-0.2, -0.15) is 13.2 Å². The number of nitrogens with one attached hydrogen (secondary N) is 1. The molecule has 0 spiro atoms. The molecule has 1 aliphatic rings. The minimum atomic E-state index is -4.40. The van der Waals surface area contributed by atoms with Gasteiger partial charge in [0.2, 0.25) is 5.91 Å². The highest BCUT2D eigenvalue weighted by atomic mass is 19.4. The third kappa shape index (κ3) is 3.78. The lowest BCUT2D eigenvalue weighted by molar-refractivity contribution is -0.197. The van der Waals surface area contributed by atoms with Crippen LogP contribution in [0.3, 0.4) is 0 Å². The van der Waals surface area contributed by atoms with Crippen molar-refractivity contribution < 1.29 is 27.9 Å². The van der Waals surface area contributed by atoms with Gasteiger partial charge in [0, 0.05) is 11.6 Å². The molecule has 0 heterocycles. The van der Waals surface area contributed by atoms with Crippen LogP contribution in [0.1, 0.15) is 36.0 Å². The summed E-state index contributed by atoms with van der Waals surface area (Å²) >= 11 is 0. The zero-order valence-electron chi connectivity index (χ0n) is 11.7. The van der Waals surface area contributed by atoms with Crippen molar-refractivity contribution in [2.45, 2.75) is 31.9 Å². The van der Waals surface area contributed by atoms with E-state index >= 15 is 0 Å². The number of carbonyl (C=O) groups excluding carboxylic acids is 1. The number of carboxylic acid groups (broad SMARTS) is 1. The number of hydrogen-bond acceptors (Lipinski definition) is 2. The summed E-state index contributed by atoms with van der Waals surface area (Å²) in [5.41, 5.74) is 0.158. The molecule has 1 amide bonds. The van der Waals surface area contributed by atoms with Crippen LogP contribution in [-0.4, -0.2) is 23.2 Å². The van der Waals surface area contributed by atoms with Crippen molar-refractivity contribution in [3.8, 4) is 0 Å². The van der Waals surface area contributed by atoms with Crippen LogP contribution in [0.4, 0.5) is 18.9 Å². The lowest BCUT2D eigenvalue weighted by atomic mass is 9.78. The molecule has 1 aliphatic carbocycles. The third-order valence-electron chi connectivity index (χ3n) is 3.90. The van der Waals surface area contributed by atoms with Crippen molar-refractivity contribution in [2.75, 3.05) is 5.32 Å². The van der Waals surface area contributed by atoms with Gasteiger partial charge in [0.1, 0.15) is 0 Å². The lowest BCUT2D eigenvalue weighted by Gasteiger charge is -2.32. The van der Waals surface area contributed by atoms with Gasteiger partial charge in [0.25, 0.3) is 0 Å². The van der Waals surface area contributed by atoms with Gasteiger partial charge in [-0.15, -0.1) is 0 Å². The summed E-state index contributed by atoms with van der Waals surface area (Å²) in [4.78, 5) is 23.0. The molecule has 22 heavy (non-hydrogen) atoms. The number of alkyl halides is 3. The number of carboxylic acids is 1. The van der Waals surface area contributed by atoms with Gasteiger partial charge in [0.15, 0.2) is 0 Å². The van der Waals surface area contributed by atoms with E-state index in [-0.39, 0.29) is 24.1 Å². The summed E-state index contributed by atoms with van der Waals surface area (Å²) in [6.45, 7) is 0. The number of benzene rings is 1. The second-order valence-electron chi connectivity index (χ2n) is 5.41. The molecule has 0 radical (unpaired) electrons. The summed E-state index contributed by atoms with van der Waals surface area (Å²) < 4.78 is 39.0. The van der Waals surface area contributed by atoms with Gasteiger partial charge >= 0.3 is 12.1 Å². The maximum atomic E-state index is 13.0. The summed E-state index contributed by atoms with van der Waals surface area (Å²) in [6.07, 6.45) is -3.21. The Balaban J connectivity index is 2.13. The Morgan fingerprint density at radius 2 is 1.86 bits per heavy atom. The van der Waals surface area contributed by atoms with Crippen LogP contribution in [0.25, 0.3) is 0 Å². The van der Waals surface area contributed by atoms with Gasteiger partial charge in [-0.3, -0.25) is 4.79 Å². The minimum absolute atomic E-state index is 0.0335. The molecule has 2 N–H and O–H groups in total. The fourth-order valence-electron chi connectivity index (χ4n) is 2.80. The Morgan fingerprint density at radius 1 is 1.18 bits per heavy atom. The third-order valence-corrected chi connectivity index (χ3v) is 3.90. The maximum Gasteiger partial charge on any atom is 0.392 e. The largest absolute Gasteiger partial charge is 0.478 e. The van der Waals surface area contributed by atoms with E-state index in [0.717, 1.165) is 0 Å². The number of amides is 1. The first-order valence-corrected chi connectivity index (χ1v) is 7.00. The van der Waals surface area contributed by atoms with Gasteiger partial charge in [-0.1, -0.05) is 18.9 Å². The van der Waals surface area contributed by atoms with E-state index in [4.69, 9.17) is 5.11 Å². The van der Waals surface area contributed by atoms with E-state index in [9.17, 15) is 22.8 Å². The van der Waals surface area contributed by atoms with E-state index < -0.39 is 29.9 Å². The Morgan fingerprint density at radius 3 is 2.50 bits per heavy atom. The van der Waals surface area contributed by atoms with Crippen molar-refractivity contribution >= 4 is 17.6 Å². The molecule has 0 saturated heterocycles. The zero-order valence-corrected chi connectivity index (χ0v) is 11.7. The summed E-state index contributed by atoms with van der Waals surface area (Å²) in [5, 5.41) is 11.3. The molecule has 2 rings (SSSR count). The van der Waals surface area contributed by atoms with Crippen LogP contribution < -0.4 is 5.32 Å². The highest BCUT2D eigenvalue weighted by molar-refractivity contribution is 5.95. The summed E-state index contributed by atoms with van der Waals surface area (Å²) in [6, 6.07) is 5.46. The van der Waals surface area contributed by atoms with E-state index in [0.29, 0.717) is 12.8 Å². The first-order valence-electron chi connectivity index (χ1n) is 7.00. The number of anilines is 1. The normalized spacial score (nSPS) is 22.1. The predicted molar refractivity (Wildman–Crippen MR) is 73.5 cm³/mol. The van der Waals surface area contributed by atoms with Gasteiger partial charge < -0.3 is 10.4 Å². The van der Waals surface area contributed by atoms with E-state index in [1.807, 2.05) is 0 Å². The average Bonchev–Trinajstić information content (AvgIpc) is 2.46. The minimum Gasteiger partial charge on any atom is -0.478 e. The number of carbonyl (C=O) groups is 2. The second-order valence-corrected chi connectivity index (χ2v) is 5.41. The molecule has 4 nitrogen and oxygen atoms in total. The van der Waals surface area contributed by atoms with Crippen LogP contribution in [-0.2, 0) is 4.79 Å². The monoisotopic (exact) mass is 315 g/mol. The van der Waals surface area contributed by atoms with Gasteiger partial charge in [0.05, 0.1) is 11.5 Å². The van der Waals surface area contributed by atoms with E-state index in [2.05, 4.69) is 5.32 Å². The Labute approximate surface area is 125 Å². The zero-order chi connectivity index (χ0) is 16.3. The molecule has 7 heteroatoms. The molecule has 1 aromatic rings. The lowest BCUT2D eigenvalue weighted by Crippen LogP contribution is -2.39. The Hall–Kier alpha value is -2.05. The summed E-state index contributed by atoms with van der Waals surface area (Å²) in [5.74, 6) is -4.63. The fourth-order valence-corrected chi connectivity index (χ4v) is 2.80. The molecule has 1 aromatic carbocycles. The topological polar surface area (TPSA) is 66.4 Å². The quantitative estimate of drug-likeness (QED) is 0.894. The van der Waals surface area contributed by atoms with Crippen LogP contribution in [0, 0.1) is 11.8 Å². The molecule has 0 bridgehead atoms. The summed E-state index contributed by atoms with van der Waals surface area (Å²) in [7, 11) is 0. The molecule has 0 aliphatic heterocycles. The molecule has 1 fully saturated rings. The van der Waals surface area contributed by atoms with Gasteiger partial charge in [-0.05, 0) is 31.0 Å². The van der Waals surface area contributed by atoms with Crippen molar-refractivity contribution in [3.63, 3.8) is 0 Å². The molecule has 120 valence electrons. The molecule has 1 saturated carbocycles. The highest BCUT2D eigenvalue weighted by Gasteiger charge is 2.48. The van der Waals surface area contributed by atoms with Crippen molar-refractivity contribution in [1.82, 2.24) is 0 Å². The number of halogens is 3. The number of hydrogen-bond donors (Lipinski definition) is 2. The number of rotatable bonds is 3. The van der Waals surface area contributed by atoms with Crippen LogP contribution >= 0.6 is 0 Å². The fraction of sp³-hybridized carbons (Fsp3) is 0.467.